The third-order valence-electron chi connectivity index (χ3n) is 2.37. The lowest BCUT2D eigenvalue weighted by atomic mass is 10.1. The van der Waals surface area contributed by atoms with Crippen LogP contribution >= 0.6 is 15.9 Å². The summed E-state index contributed by atoms with van der Waals surface area (Å²) in [4.78, 5) is 24.5. The zero-order valence-electron chi connectivity index (χ0n) is 9.99. The van der Waals surface area contributed by atoms with Gasteiger partial charge in [0.1, 0.15) is 6.54 Å². The molecule has 0 bridgehead atoms. The van der Waals surface area contributed by atoms with Crippen molar-refractivity contribution < 1.29 is 14.3 Å². The number of esters is 1. The topological polar surface area (TPSA) is 46.6 Å². The first kappa shape index (κ1) is 13.7. The number of rotatable bonds is 3. The summed E-state index contributed by atoms with van der Waals surface area (Å²) in [5.74, 6) is -0.636. The fraction of sp³-hybridized carbons (Fsp3) is 0.333. The van der Waals surface area contributed by atoms with E-state index in [1.165, 1.54) is 12.0 Å². The molecule has 1 rings (SSSR count). The Labute approximate surface area is 109 Å². The first-order valence-electron chi connectivity index (χ1n) is 5.04. The predicted octanol–water partition coefficient (Wildman–Crippen LogP) is 2.00. The first-order chi connectivity index (χ1) is 7.95. The molecule has 0 N–H and O–H groups in total. The molecular formula is C12H14BrNO3. The normalized spacial score (nSPS) is 9.88. The third kappa shape index (κ3) is 3.56. The molecule has 0 heterocycles. The molecule has 0 saturated heterocycles. The Kier molecular flexibility index (Phi) is 4.69. The van der Waals surface area contributed by atoms with Crippen LogP contribution < -0.4 is 0 Å². The fourth-order valence-electron chi connectivity index (χ4n) is 1.36. The van der Waals surface area contributed by atoms with Crippen molar-refractivity contribution in [2.75, 3.05) is 20.7 Å². The number of amides is 1. The Morgan fingerprint density at radius 3 is 2.65 bits per heavy atom. The molecule has 0 fully saturated rings. The number of carbonyl (C=O) groups is 2. The van der Waals surface area contributed by atoms with Crippen molar-refractivity contribution in [1.29, 1.82) is 0 Å². The van der Waals surface area contributed by atoms with Gasteiger partial charge in [0.05, 0.1) is 7.11 Å². The SMILES string of the molecule is COC(=O)CN(C)C(=O)c1cc(Br)ccc1C. The van der Waals surface area contributed by atoms with Gasteiger partial charge in [0.25, 0.3) is 5.91 Å². The van der Waals surface area contributed by atoms with Crippen LogP contribution in [0, 0.1) is 6.92 Å². The lowest BCUT2D eigenvalue weighted by Crippen LogP contribution is -2.33. The first-order valence-corrected chi connectivity index (χ1v) is 5.83. The Morgan fingerprint density at radius 1 is 1.41 bits per heavy atom. The van der Waals surface area contributed by atoms with Gasteiger partial charge in [-0.15, -0.1) is 0 Å². The van der Waals surface area contributed by atoms with Gasteiger partial charge in [-0.2, -0.15) is 0 Å². The van der Waals surface area contributed by atoms with E-state index < -0.39 is 5.97 Å². The summed E-state index contributed by atoms with van der Waals surface area (Å²) in [6.07, 6.45) is 0. The number of halogens is 1. The predicted molar refractivity (Wildman–Crippen MR) is 67.9 cm³/mol. The lowest BCUT2D eigenvalue weighted by Gasteiger charge is -2.17. The second kappa shape index (κ2) is 5.82. The Bertz CT molecular complexity index is 445. The number of methoxy groups -OCH3 is 1. The number of carbonyl (C=O) groups excluding carboxylic acids is 2. The highest BCUT2D eigenvalue weighted by Crippen LogP contribution is 2.17. The third-order valence-corrected chi connectivity index (χ3v) is 2.86. The summed E-state index contributed by atoms with van der Waals surface area (Å²) < 4.78 is 5.35. The minimum absolute atomic E-state index is 0.0543. The highest BCUT2D eigenvalue weighted by atomic mass is 79.9. The van der Waals surface area contributed by atoms with Crippen molar-refractivity contribution in [2.24, 2.45) is 0 Å². The summed E-state index contributed by atoms with van der Waals surface area (Å²) in [7, 11) is 2.87. The van der Waals surface area contributed by atoms with Crippen LogP contribution in [0.5, 0.6) is 0 Å². The number of nitrogens with zero attached hydrogens (tertiary/aromatic N) is 1. The average molecular weight is 300 g/mol. The van der Waals surface area contributed by atoms with E-state index >= 15 is 0 Å². The van der Waals surface area contributed by atoms with Crippen molar-refractivity contribution >= 4 is 27.8 Å². The van der Waals surface area contributed by atoms with Gasteiger partial charge < -0.3 is 9.64 Å². The molecule has 5 heteroatoms. The molecule has 0 aliphatic rings. The van der Waals surface area contributed by atoms with Gasteiger partial charge in [-0.1, -0.05) is 22.0 Å². The van der Waals surface area contributed by atoms with E-state index in [-0.39, 0.29) is 12.5 Å². The van der Waals surface area contributed by atoms with Crippen LogP contribution in [0.2, 0.25) is 0 Å². The van der Waals surface area contributed by atoms with Gasteiger partial charge >= 0.3 is 5.97 Å². The van der Waals surface area contributed by atoms with Crippen LogP contribution in [0.3, 0.4) is 0 Å². The van der Waals surface area contributed by atoms with Gasteiger partial charge in [0, 0.05) is 17.1 Å². The van der Waals surface area contributed by atoms with E-state index in [2.05, 4.69) is 20.7 Å². The molecule has 4 nitrogen and oxygen atoms in total. The van der Waals surface area contributed by atoms with Crippen molar-refractivity contribution in [3.63, 3.8) is 0 Å². The quantitative estimate of drug-likeness (QED) is 0.802. The molecular weight excluding hydrogens is 286 g/mol. The van der Waals surface area contributed by atoms with Gasteiger partial charge in [-0.05, 0) is 24.6 Å². The van der Waals surface area contributed by atoms with E-state index in [0.717, 1.165) is 10.0 Å². The molecule has 0 spiro atoms. The van der Waals surface area contributed by atoms with E-state index in [0.29, 0.717) is 5.56 Å². The van der Waals surface area contributed by atoms with Crippen LogP contribution in [0.25, 0.3) is 0 Å². The second-order valence-electron chi connectivity index (χ2n) is 3.70. The Hall–Kier alpha value is -1.36. The molecule has 17 heavy (non-hydrogen) atoms. The fourth-order valence-corrected chi connectivity index (χ4v) is 1.72. The second-order valence-corrected chi connectivity index (χ2v) is 4.61. The zero-order chi connectivity index (χ0) is 13.0. The maximum absolute atomic E-state index is 12.1. The Morgan fingerprint density at radius 2 is 2.06 bits per heavy atom. The number of likely N-dealkylation sites (N-methyl/N-ethyl adjacent to an activating group) is 1. The van der Waals surface area contributed by atoms with Crippen molar-refractivity contribution in [1.82, 2.24) is 4.90 Å². The maximum atomic E-state index is 12.1. The van der Waals surface area contributed by atoms with Crippen LogP contribution in [0.15, 0.2) is 22.7 Å². The largest absolute Gasteiger partial charge is 0.468 e. The highest BCUT2D eigenvalue weighted by Gasteiger charge is 2.17. The van der Waals surface area contributed by atoms with Crippen LogP contribution in [0.1, 0.15) is 15.9 Å². The van der Waals surface area contributed by atoms with E-state index in [9.17, 15) is 9.59 Å². The van der Waals surface area contributed by atoms with Gasteiger partial charge in [-0.3, -0.25) is 9.59 Å². The Balaban J connectivity index is 2.88. The van der Waals surface area contributed by atoms with Gasteiger partial charge in [0.15, 0.2) is 0 Å². The number of benzene rings is 1. The van der Waals surface area contributed by atoms with Gasteiger partial charge in [-0.25, -0.2) is 0 Å². The molecule has 0 aromatic heterocycles. The standard InChI is InChI=1S/C12H14BrNO3/c1-8-4-5-9(13)6-10(8)12(16)14(2)7-11(15)17-3/h4-6H,7H2,1-3H3. The molecule has 1 aromatic rings. The van der Waals surface area contributed by atoms with Crippen molar-refractivity contribution in [3.8, 4) is 0 Å². The number of ether oxygens (including phenoxy) is 1. The average Bonchev–Trinajstić information content (AvgIpc) is 2.31. The van der Waals surface area contributed by atoms with Crippen molar-refractivity contribution in [3.05, 3.63) is 33.8 Å². The van der Waals surface area contributed by atoms with Crippen LogP contribution in [-0.4, -0.2) is 37.5 Å². The molecule has 0 aliphatic carbocycles. The van der Waals surface area contributed by atoms with E-state index in [4.69, 9.17) is 0 Å². The minimum Gasteiger partial charge on any atom is -0.468 e. The molecule has 0 saturated carbocycles. The number of hydrogen-bond donors (Lipinski definition) is 0. The number of hydrogen-bond acceptors (Lipinski definition) is 3. The van der Waals surface area contributed by atoms with Crippen LogP contribution in [0.4, 0.5) is 0 Å². The molecule has 0 aliphatic heterocycles. The molecule has 0 radical (unpaired) electrons. The minimum atomic E-state index is -0.437. The monoisotopic (exact) mass is 299 g/mol. The summed E-state index contributed by atoms with van der Waals surface area (Å²) in [5, 5.41) is 0. The number of aryl methyl sites for hydroxylation is 1. The van der Waals surface area contributed by atoms with Crippen LogP contribution in [-0.2, 0) is 9.53 Å². The smallest absolute Gasteiger partial charge is 0.325 e. The lowest BCUT2D eigenvalue weighted by molar-refractivity contribution is -0.141. The summed E-state index contributed by atoms with van der Waals surface area (Å²) in [6.45, 7) is 1.80. The molecule has 0 unspecified atom stereocenters. The molecule has 1 amide bonds. The summed E-state index contributed by atoms with van der Waals surface area (Å²) >= 11 is 3.32. The summed E-state index contributed by atoms with van der Waals surface area (Å²) in [5.41, 5.74) is 1.45. The molecule has 0 atom stereocenters. The molecule has 92 valence electrons. The zero-order valence-corrected chi connectivity index (χ0v) is 11.6. The van der Waals surface area contributed by atoms with E-state index in [1.807, 2.05) is 19.1 Å². The van der Waals surface area contributed by atoms with Crippen molar-refractivity contribution in [2.45, 2.75) is 6.92 Å². The molecule has 1 aromatic carbocycles. The van der Waals surface area contributed by atoms with E-state index in [1.54, 1.807) is 13.1 Å². The summed E-state index contributed by atoms with van der Waals surface area (Å²) in [6, 6.07) is 5.46. The van der Waals surface area contributed by atoms with Gasteiger partial charge in [0.2, 0.25) is 0 Å². The highest BCUT2D eigenvalue weighted by molar-refractivity contribution is 9.10. The maximum Gasteiger partial charge on any atom is 0.325 e.